The van der Waals surface area contributed by atoms with Crippen LogP contribution < -0.4 is 10.6 Å². The summed E-state index contributed by atoms with van der Waals surface area (Å²) in [4.78, 5) is 9.70. The minimum atomic E-state index is 0.717. The quantitative estimate of drug-likeness (QED) is 0.616. The highest BCUT2D eigenvalue weighted by atomic mass is 32.1. The Kier molecular flexibility index (Phi) is 6.72. The third kappa shape index (κ3) is 5.04. The van der Waals surface area contributed by atoms with Crippen molar-refractivity contribution in [3.63, 3.8) is 0 Å². The highest BCUT2D eigenvalue weighted by molar-refractivity contribution is 7.11. The summed E-state index contributed by atoms with van der Waals surface area (Å²) >= 11 is 1.72. The second-order valence-corrected chi connectivity index (χ2v) is 5.65. The highest BCUT2D eigenvalue weighted by Crippen LogP contribution is 2.10. The molecule has 4 nitrogen and oxygen atoms in total. The maximum atomic E-state index is 4.24. The molecule has 0 saturated heterocycles. The standard InChI is InChI=1S/C13H24N4S/c1-5-11(6-2)7-16-13(14-4)17-9-12-8-15-10(3)18-12/h8,11H,5-7,9H2,1-4H3,(H2,14,16,17). The van der Waals surface area contributed by atoms with E-state index in [0.717, 1.165) is 24.1 Å². The van der Waals surface area contributed by atoms with Gasteiger partial charge in [-0.05, 0) is 12.8 Å². The summed E-state index contributed by atoms with van der Waals surface area (Å²) < 4.78 is 0. The number of hydrogen-bond donors (Lipinski definition) is 2. The van der Waals surface area contributed by atoms with Crippen LogP contribution in [-0.2, 0) is 6.54 Å². The molecule has 0 aliphatic rings. The average Bonchev–Trinajstić information content (AvgIpc) is 2.80. The molecule has 102 valence electrons. The third-order valence-electron chi connectivity index (χ3n) is 3.04. The largest absolute Gasteiger partial charge is 0.356 e. The van der Waals surface area contributed by atoms with Gasteiger partial charge in [0.15, 0.2) is 5.96 Å². The van der Waals surface area contributed by atoms with Gasteiger partial charge in [-0.15, -0.1) is 11.3 Å². The van der Waals surface area contributed by atoms with Crippen molar-refractivity contribution in [3.05, 3.63) is 16.1 Å². The van der Waals surface area contributed by atoms with Gasteiger partial charge in [-0.1, -0.05) is 26.7 Å². The zero-order chi connectivity index (χ0) is 13.4. The number of rotatable bonds is 6. The molecule has 1 aromatic heterocycles. The number of hydrogen-bond acceptors (Lipinski definition) is 3. The van der Waals surface area contributed by atoms with Crippen molar-refractivity contribution >= 4 is 17.3 Å². The van der Waals surface area contributed by atoms with Gasteiger partial charge < -0.3 is 10.6 Å². The fraction of sp³-hybridized carbons (Fsp3) is 0.692. The lowest BCUT2D eigenvalue weighted by Crippen LogP contribution is -2.39. The smallest absolute Gasteiger partial charge is 0.191 e. The van der Waals surface area contributed by atoms with E-state index in [2.05, 4.69) is 34.5 Å². The van der Waals surface area contributed by atoms with Gasteiger partial charge >= 0.3 is 0 Å². The summed E-state index contributed by atoms with van der Waals surface area (Å²) in [5.74, 6) is 1.59. The summed E-state index contributed by atoms with van der Waals surface area (Å²) in [5.41, 5.74) is 0. The van der Waals surface area contributed by atoms with Crippen molar-refractivity contribution in [3.8, 4) is 0 Å². The van der Waals surface area contributed by atoms with Crippen molar-refractivity contribution in [1.82, 2.24) is 15.6 Å². The SMILES string of the molecule is CCC(CC)CNC(=NC)NCc1cnc(C)s1. The van der Waals surface area contributed by atoms with Gasteiger partial charge in [-0.3, -0.25) is 4.99 Å². The first kappa shape index (κ1) is 15.0. The van der Waals surface area contributed by atoms with Crippen LogP contribution in [0.3, 0.4) is 0 Å². The number of aliphatic imine (C=N–C) groups is 1. The molecular formula is C13H24N4S. The third-order valence-corrected chi connectivity index (χ3v) is 3.95. The van der Waals surface area contributed by atoms with Gasteiger partial charge in [0.05, 0.1) is 11.6 Å². The van der Waals surface area contributed by atoms with Crippen LogP contribution in [0.25, 0.3) is 0 Å². The molecule has 0 radical (unpaired) electrons. The summed E-state index contributed by atoms with van der Waals surface area (Å²) in [7, 11) is 1.81. The Morgan fingerprint density at radius 2 is 2.11 bits per heavy atom. The molecule has 1 aromatic rings. The molecule has 1 rings (SSSR count). The molecular weight excluding hydrogens is 244 g/mol. The van der Waals surface area contributed by atoms with E-state index in [4.69, 9.17) is 0 Å². The predicted octanol–water partition coefficient (Wildman–Crippen LogP) is 2.55. The molecule has 0 unspecified atom stereocenters. The van der Waals surface area contributed by atoms with E-state index < -0.39 is 0 Å². The van der Waals surface area contributed by atoms with Crippen molar-refractivity contribution in [1.29, 1.82) is 0 Å². The van der Waals surface area contributed by atoms with E-state index in [1.165, 1.54) is 17.7 Å². The van der Waals surface area contributed by atoms with E-state index >= 15 is 0 Å². The van der Waals surface area contributed by atoms with Crippen LogP contribution in [0, 0.1) is 12.8 Å². The number of aromatic nitrogens is 1. The Balaban J connectivity index is 2.34. The molecule has 0 aliphatic heterocycles. The normalized spacial score (nSPS) is 11.9. The minimum absolute atomic E-state index is 0.717. The first-order valence-corrected chi connectivity index (χ1v) is 7.37. The van der Waals surface area contributed by atoms with Gasteiger partial charge in [0.25, 0.3) is 0 Å². The lowest BCUT2D eigenvalue weighted by Gasteiger charge is -2.16. The zero-order valence-corrected chi connectivity index (χ0v) is 12.6. The monoisotopic (exact) mass is 268 g/mol. The predicted molar refractivity (Wildman–Crippen MR) is 79.1 cm³/mol. The Morgan fingerprint density at radius 1 is 1.39 bits per heavy atom. The van der Waals surface area contributed by atoms with Crippen molar-refractivity contribution in [2.75, 3.05) is 13.6 Å². The molecule has 0 amide bonds. The zero-order valence-electron chi connectivity index (χ0n) is 11.8. The number of thiazole rings is 1. The van der Waals surface area contributed by atoms with Crippen LogP contribution in [0.1, 0.15) is 36.6 Å². The molecule has 5 heteroatoms. The van der Waals surface area contributed by atoms with Gasteiger partial charge in [0.1, 0.15) is 0 Å². The Labute approximate surface area is 114 Å². The Hall–Kier alpha value is -1.10. The first-order valence-electron chi connectivity index (χ1n) is 6.55. The summed E-state index contributed by atoms with van der Waals surface area (Å²) in [6, 6.07) is 0. The topological polar surface area (TPSA) is 49.3 Å². The highest BCUT2D eigenvalue weighted by Gasteiger charge is 2.05. The van der Waals surface area contributed by atoms with Gasteiger partial charge in [-0.25, -0.2) is 4.98 Å². The van der Waals surface area contributed by atoms with Crippen LogP contribution in [0.2, 0.25) is 0 Å². The van der Waals surface area contributed by atoms with E-state index in [1.54, 1.807) is 18.4 Å². The summed E-state index contributed by atoms with van der Waals surface area (Å²) in [5, 5.41) is 7.79. The van der Waals surface area contributed by atoms with Gasteiger partial charge in [0, 0.05) is 24.7 Å². The molecule has 0 atom stereocenters. The van der Waals surface area contributed by atoms with Crippen molar-refractivity contribution in [2.45, 2.75) is 40.2 Å². The molecule has 0 aliphatic carbocycles. The number of nitrogens with one attached hydrogen (secondary N) is 2. The van der Waals surface area contributed by atoms with E-state index in [1.807, 2.05) is 13.1 Å². The molecule has 1 heterocycles. The second-order valence-electron chi connectivity index (χ2n) is 4.33. The van der Waals surface area contributed by atoms with Crippen LogP contribution in [0.5, 0.6) is 0 Å². The fourth-order valence-corrected chi connectivity index (χ4v) is 2.43. The maximum absolute atomic E-state index is 4.24. The molecule has 0 aromatic carbocycles. The number of aryl methyl sites for hydroxylation is 1. The molecule has 2 N–H and O–H groups in total. The van der Waals surface area contributed by atoms with E-state index in [0.29, 0.717) is 5.92 Å². The molecule has 0 saturated carbocycles. The Morgan fingerprint density at radius 3 is 2.61 bits per heavy atom. The van der Waals surface area contributed by atoms with E-state index in [-0.39, 0.29) is 0 Å². The number of guanidine groups is 1. The van der Waals surface area contributed by atoms with Crippen LogP contribution in [0.15, 0.2) is 11.2 Å². The van der Waals surface area contributed by atoms with Crippen LogP contribution in [-0.4, -0.2) is 24.5 Å². The maximum Gasteiger partial charge on any atom is 0.191 e. The van der Waals surface area contributed by atoms with Crippen LogP contribution >= 0.6 is 11.3 Å². The Bertz CT molecular complexity index is 369. The van der Waals surface area contributed by atoms with E-state index in [9.17, 15) is 0 Å². The molecule has 0 bridgehead atoms. The fourth-order valence-electron chi connectivity index (χ4n) is 1.70. The lowest BCUT2D eigenvalue weighted by atomic mass is 10.0. The van der Waals surface area contributed by atoms with Crippen molar-refractivity contribution in [2.24, 2.45) is 10.9 Å². The van der Waals surface area contributed by atoms with Crippen molar-refractivity contribution < 1.29 is 0 Å². The molecule has 0 spiro atoms. The summed E-state index contributed by atoms with van der Waals surface area (Å²) in [6.07, 6.45) is 4.32. The lowest BCUT2D eigenvalue weighted by molar-refractivity contribution is 0.481. The van der Waals surface area contributed by atoms with Gasteiger partial charge in [-0.2, -0.15) is 0 Å². The molecule has 18 heavy (non-hydrogen) atoms. The molecule has 0 fully saturated rings. The number of nitrogens with zero attached hydrogens (tertiary/aromatic N) is 2. The average molecular weight is 268 g/mol. The second kappa shape index (κ2) is 8.08. The summed E-state index contributed by atoms with van der Waals surface area (Å²) in [6.45, 7) is 8.25. The van der Waals surface area contributed by atoms with Gasteiger partial charge in [0.2, 0.25) is 0 Å². The minimum Gasteiger partial charge on any atom is -0.356 e. The van der Waals surface area contributed by atoms with Crippen LogP contribution in [0.4, 0.5) is 0 Å². The first-order chi connectivity index (χ1) is 8.69.